The van der Waals surface area contributed by atoms with Gasteiger partial charge in [-0.3, -0.25) is 4.68 Å². The monoisotopic (exact) mass is 279 g/mol. The molecular formula is C14H18ClN3O. The summed E-state index contributed by atoms with van der Waals surface area (Å²) in [5, 5.41) is 4.75. The highest BCUT2D eigenvalue weighted by Gasteiger charge is 2.22. The summed E-state index contributed by atoms with van der Waals surface area (Å²) in [6.07, 6.45) is 4.25. The van der Waals surface area contributed by atoms with E-state index in [9.17, 15) is 0 Å². The van der Waals surface area contributed by atoms with Crippen LogP contribution in [0, 0.1) is 0 Å². The maximum atomic E-state index is 6.15. The predicted octanol–water partition coefficient (Wildman–Crippen LogP) is 2.93. The van der Waals surface area contributed by atoms with Gasteiger partial charge in [0, 0.05) is 24.8 Å². The average molecular weight is 280 g/mol. The standard InChI is InChI=1S/C14H18ClN3O/c1-3-12(16)14(10-8-17-18(2)9-10)19-13-7-5-4-6-11(13)15/h4-9,12,14H,3,16H2,1-2H3. The summed E-state index contributed by atoms with van der Waals surface area (Å²) in [5.41, 5.74) is 7.11. The molecule has 0 aliphatic carbocycles. The van der Waals surface area contributed by atoms with Crippen molar-refractivity contribution in [2.45, 2.75) is 25.5 Å². The van der Waals surface area contributed by atoms with Crippen LogP contribution in [0.25, 0.3) is 0 Å². The SMILES string of the molecule is CCC(N)C(Oc1ccccc1Cl)c1cnn(C)c1. The van der Waals surface area contributed by atoms with E-state index in [1.807, 2.05) is 38.4 Å². The Hall–Kier alpha value is -1.52. The summed E-state index contributed by atoms with van der Waals surface area (Å²) in [7, 11) is 1.87. The molecule has 0 saturated heterocycles. The zero-order valence-electron chi connectivity index (χ0n) is 11.1. The Labute approximate surface area is 118 Å². The Morgan fingerprint density at radius 2 is 2.16 bits per heavy atom. The number of aryl methyl sites for hydroxylation is 1. The molecule has 1 heterocycles. The molecule has 0 bridgehead atoms. The summed E-state index contributed by atoms with van der Waals surface area (Å²) in [6.45, 7) is 2.03. The molecule has 1 aromatic carbocycles. The van der Waals surface area contributed by atoms with Gasteiger partial charge < -0.3 is 10.5 Å². The molecule has 0 amide bonds. The molecule has 4 nitrogen and oxygen atoms in total. The number of benzene rings is 1. The summed E-state index contributed by atoms with van der Waals surface area (Å²) in [5.74, 6) is 0.641. The van der Waals surface area contributed by atoms with Gasteiger partial charge in [-0.05, 0) is 18.6 Å². The van der Waals surface area contributed by atoms with Crippen LogP contribution in [-0.4, -0.2) is 15.8 Å². The smallest absolute Gasteiger partial charge is 0.142 e. The molecule has 0 fully saturated rings. The van der Waals surface area contributed by atoms with Crippen LogP contribution in [-0.2, 0) is 7.05 Å². The zero-order valence-corrected chi connectivity index (χ0v) is 11.8. The molecule has 0 spiro atoms. The van der Waals surface area contributed by atoms with Crippen LogP contribution >= 0.6 is 11.6 Å². The highest BCUT2D eigenvalue weighted by molar-refractivity contribution is 6.32. The number of halogens is 1. The van der Waals surface area contributed by atoms with Crippen molar-refractivity contribution in [2.75, 3.05) is 0 Å². The summed E-state index contributed by atoms with van der Waals surface area (Å²) in [6, 6.07) is 7.29. The maximum absolute atomic E-state index is 6.15. The number of hydrogen-bond acceptors (Lipinski definition) is 3. The lowest BCUT2D eigenvalue weighted by Gasteiger charge is -2.23. The van der Waals surface area contributed by atoms with Crippen molar-refractivity contribution in [3.05, 3.63) is 47.2 Å². The van der Waals surface area contributed by atoms with Crippen molar-refractivity contribution >= 4 is 11.6 Å². The number of aromatic nitrogens is 2. The summed E-state index contributed by atoms with van der Waals surface area (Å²) >= 11 is 6.12. The largest absolute Gasteiger partial charge is 0.482 e. The molecule has 2 atom stereocenters. The molecule has 2 unspecified atom stereocenters. The van der Waals surface area contributed by atoms with Crippen molar-refractivity contribution in [3.8, 4) is 5.75 Å². The van der Waals surface area contributed by atoms with E-state index in [2.05, 4.69) is 5.10 Å². The molecule has 2 N–H and O–H groups in total. The van der Waals surface area contributed by atoms with Gasteiger partial charge in [-0.25, -0.2) is 0 Å². The van der Waals surface area contributed by atoms with Gasteiger partial charge >= 0.3 is 0 Å². The average Bonchev–Trinajstić information content (AvgIpc) is 2.83. The van der Waals surface area contributed by atoms with Crippen molar-refractivity contribution < 1.29 is 4.74 Å². The molecule has 0 aliphatic rings. The third-order valence-electron chi connectivity index (χ3n) is 3.00. The van der Waals surface area contributed by atoms with E-state index in [0.29, 0.717) is 10.8 Å². The Kier molecular flexibility index (Phi) is 4.45. The second-order valence-electron chi connectivity index (χ2n) is 4.49. The summed E-state index contributed by atoms with van der Waals surface area (Å²) in [4.78, 5) is 0. The Bertz CT molecular complexity index is 541. The van der Waals surface area contributed by atoms with Gasteiger partial charge in [-0.15, -0.1) is 0 Å². The first-order valence-electron chi connectivity index (χ1n) is 6.27. The van der Waals surface area contributed by atoms with Crippen LogP contribution in [0.5, 0.6) is 5.75 Å². The fourth-order valence-electron chi connectivity index (χ4n) is 1.88. The third-order valence-corrected chi connectivity index (χ3v) is 3.32. The minimum absolute atomic E-state index is 0.111. The molecule has 1 aromatic heterocycles. The molecule has 2 aromatic rings. The third kappa shape index (κ3) is 3.28. The second kappa shape index (κ2) is 6.08. The first-order valence-corrected chi connectivity index (χ1v) is 6.65. The van der Waals surface area contributed by atoms with E-state index in [1.54, 1.807) is 16.9 Å². The topological polar surface area (TPSA) is 53.1 Å². The van der Waals surface area contributed by atoms with E-state index in [0.717, 1.165) is 12.0 Å². The van der Waals surface area contributed by atoms with E-state index in [-0.39, 0.29) is 12.1 Å². The lowest BCUT2D eigenvalue weighted by molar-refractivity contribution is 0.171. The maximum Gasteiger partial charge on any atom is 0.142 e. The molecular weight excluding hydrogens is 262 g/mol. The lowest BCUT2D eigenvalue weighted by atomic mass is 10.0. The Morgan fingerprint density at radius 1 is 1.42 bits per heavy atom. The molecule has 19 heavy (non-hydrogen) atoms. The first kappa shape index (κ1) is 13.9. The molecule has 0 saturated carbocycles. The van der Waals surface area contributed by atoms with Gasteiger partial charge in [-0.1, -0.05) is 30.7 Å². The molecule has 0 radical (unpaired) electrons. The van der Waals surface area contributed by atoms with E-state index in [4.69, 9.17) is 22.1 Å². The van der Waals surface area contributed by atoms with E-state index >= 15 is 0 Å². The lowest BCUT2D eigenvalue weighted by Crippen LogP contribution is -2.31. The minimum atomic E-state index is -0.251. The van der Waals surface area contributed by atoms with E-state index in [1.165, 1.54) is 0 Å². The first-order chi connectivity index (χ1) is 9.11. The van der Waals surface area contributed by atoms with Crippen LogP contribution in [0.2, 0.25) is 5.02 Å². The van der Waals surface area contributed by atoms with Gasteiger partial charge in [0.1, 0.15) is 11.9 Å². The van der Waals surface area contributed by atoms with Crippen LogP contribution in [0.1, 0.15) is 25.0 Å². The highest BCUT2D eigenvalue weighted by Crippen LogP contribution is 2.30. The van der Waals surface area contributed by atoms with Crippen LogP contribution in [0.15, 0.2) is 36.7 Å². The van der Waals surface area contributed by atoms with Gasteiger partial charge in [0.2, 0.25) is 0 Å². The normalized spacial score (nSPS) is 14.1. The van der Waals surface area contributed by atoms with Crippen molar-refractivity contribution in [2.24, 2.45) is 12.8 Å². The number of hydrogen-bond donors (Lipinski definition) is 1. The second-order valence-corrected chi connectivity index (χ2v) is 4.90. The zero-order chi connectivity index (χ0) is 13.8. The molecule has 5 heteroatoms. The number of nitrogens with two attached hydrogens (primary N) is 1. The van der Waals surface area contributed by atoms with Crippen molar-refractivity contribution in [1.29, 1.82) is 0 Å². The number of nitrogens with zero attached hydrogens (tertiary/aromatic N) is 2. The highest BCUT2D eigenvalue weighted by atomic mass is 35.5. The molecule has 0 aliphatic heterocycles. The van der Waals surface area contributed by atoms with Gasteiger partial charge in [0.25, 0.3) is 0 Å². The number of para-hydroxylation sites is 1. The van der Waals surface area contributed by atoms with Crippen LogP contribution < -0.4 is 10.5 Å². The van der Waals surface area contributed by atoms with Crippen LogP contribution in [0.3, 0.4) is 0 Å². The fraction of sp³-hybridized carbons (Fsp3) is 0.357. The van der Waals surface area contributed by atoms with E-state index < -0.39 is 0 Å². The van der Waals surface area contributed by atoms with Crippen molar-refractivity contribution in [1.82, 2.24) is 9.78 Å². The predicted molar refractivity (Wildman–Crippen MR) is 76.3 cm³/mol. The molecule has 102 valence electrons. The Balaban J connectivity index is 2.27. The fourth-order valence-corrected chi connectivity index (χ4v) is 2.06. The van der Waals surface area contributed by atoms with Gasteiger partial charge in [-0.2, -0.15) is 5.10 Å². The minimum Gasteiger partial charge on any atom is -0.482 e. The quantitative estimate of drug-likeness (QED) is 0.915. The van der Waals surface area contributed by atoms with Gasteiger partial charge in [0.15, 0.2) is 0 Å². The number of ether oxygens (including phenoxy) is 1. The molecule has 2 rings (SSSR count). The van der Waals surface area contributed by atoms with Gasteiger partial charge in [0.05, 0.1) is 11.2 Å². The van der Waals surface area contributed by atoms with Crippen molar-refractivity contribution in [3.63, 3.8) is 0 Å². The Morgan fingerprint density at radius 3 is 2.74 bits per heavy atom. The van der Waals surface area contributed by atoms with Crippen LogP contribution in [0.4, 0.5) is 0 Å². The summed E-state index contributed by atoms with van der Waals surface area (Å²) < 4.78 is 7.72. The number of rotatable bonds is 5.